The molecule has 1 fully saturated rings. The van der Waals surface area contributed by atoms with E-state index in [9.17, 15) is 0 Å². The van der Waals surface area contributed by atoms with E-state index >= 15 is 0 Å². The normalized spacial score (nSPS) is 20.9. The minimum atomic E-state index is 0.864. The molecular weight excluding hydrogens is 222 g/mol. The minimum Gasteiger partial charge on any atom is -0.371 e. The van der Waals surface area contributed by atoms with E-state index in [0.717, 1.165) is 19.0 Å². The quantitative estimate of drug-likeness (QED) is 0.859. The van der Waals surface area contributed by atoms with E-state index in [0.29, 0.717) is 0 Å². The zero-order valence-corrected chi connectivity index (χ0v) is 11.2. The molecule has 1 saturated heterocycles. The molecule has 3 heteroatoms. The molecule has 0 unspecified atom stereocenters. The predicted octanol–water partition coefficient (Wildman–Crippen LogP) is 1.94. The molecule has 3 rings (SSSR count). The Kier molecular flexibility index (Phi) is 3.41. The maximum atomic E-state index is 3.45. The van der Waals surface area contributed by atoms with Crippen molar-refractivity contribution < 1.29 is 0 Å². The highest BCUT2D eigenvalue weighted by Crippen LogP contribution is 2.32. The maximum absolute atomic E-state index is 3.45. The van der Waals surface area contributed by atoms with Crippen LogP contribution in [0.3, 0.4) is 0 Å². The van der Waals surface area contributed by atoms with Crippen LogP contribution in [0.2, 0.25) is 0 Å². The second kappa shape index (κ2) is 5.19. The molecule has 18 heavy (non-hydrogen) atoms. The molecule has 98 valence electrons. The maximum Gasteiger partial charge on any atom is 0.0604 e. The van der Waals surface area contributed by atoms with Crippen LogP contribution in [-0.2, 0) is 0 Å². The van der Waals surface area contributed by atoms with Gasteiger partial charge >= 0.3 is 0 Å². The molecule has 0 spiro atoms. The summed E-state index contributed by atoms with van der Waals surface area (Å²) in [5, 5.41) is 3.45. The van der Waals surface area contributed by atoms with Crippen molar-refractivity contribution in [2.75, 3.05) is 49.6 Å². The van der Waals surface area contributed by atoms with Crippen LogP contribution < -0.4 is 15.1 Å². The summed E-state index contributed by atoms with van der Waals surface area (Å²) >= 11 is 0. The van der Waals surface area contributed by atoms with Gasteiger partial charge in [0.25, 0.3) is 0 Å². The Labute approximate surface area is 110 Å². The molecule has 1 aromatic rings. The van der Waals surface area contributed by atoms with Gasteiger partial charge in [0.1, 0.15) is 0 Å². The van der Waals surface area contributed by atoms with Crippen molar-refractivity contribution in [2.24, 2.45) is 5.92 Å². The summed E-state index contributed by atoms with van der Waals surface area (Å²) in [5.41, 5.74) is 2.81. The van der Waals surface area contributed by atoms with Gasteiger partial charge < -0.3 is 15.1 Å². The van der Waals surface area contributed by atoms with Gasteiger partial charge in [0, 0.05) is 26.7 Å². The summed E-state index contributed by atoms with van der Waals surface area (Å²) in [5.74, 6) is 0.864. The van der Waals surface area contributed by atoms with E-state index < -0.39 is 0 Å². The third kappa shape index (κ3) is 2.32. The number of hydrogen-bond acceptors (Lipinski definition) is 3. The molecule has 0 atom stereocenters. The van der Waals surface area contributed by atoms with Crippen LogP contribution in [0.4, 0.5) is 11.4 Å². The van der Waals surface area contributed by atoms with Gasteiger partial charge in [-0.1, -0.05) is 12.1 Å². The van der Waals surface area contributed by atoms with Crippen molar-refractivity contribution in [1.82, 2.24) is 5.32 Å². The first-order chi connectivity index (χ1) is 8.84. The number of rotatable bonds is 2. The average Bonchev–Trinajstić information content (AvgIpc) is 2.44. The molecule has 1 N–H and O–H groups in total. The first-order valence-electron chi connectivity index (χ1n) is 7.10. The van der Waals surface area contributed by atoms with Gasteiger partial charge in [-0.05, 0) is 44.0 Å². The van der Waals surface area contributed by atoms with Crippen molar-refractivity contribution in [3.8, 4) is 0 Å². The third-order valence-corrected chi connectivity index (χ3v) is 4.28. The topological polar surface area (TPSA) is 18.5 Å². The Bertz CT molecular complexity index is 398. The van der Waals surface area contributed by atoms with Crippen molar-refractivity contribution in [2.45, 2.75) is 12.8 Å². The van der Waals surface area contributed by atoms with Crippen LogP contribution in [0, 0.1) is 5.92 Å². The molecule has 0 amide bonds. The lowest BCUT2D eigenvalue weighted by Crippen LogP contribution is -2.43. The number of nitrogens with zero attached hydrogens (tertiary/aromatic N) is 2. The number of hydrogen-bond donors (Lipinski definition) is 1. The molecule has 0 saturated carbocycles. The largest absolute Gasteiger partial charge is 0.371 e. The standard InChI is InChI=1S/C15H23N3/c1-17-10-11-18(12-13-6-8-16-9-7-13)15-5-3-2-4-14(15)17/h2-5,13,16H,6-12H2,1H3. The predicted molar refractivity (Wildman–Crippen MR) is 77.5 cm³/mol. The molecule has 0 aromatic heterocycles. The monoisotopic (exact) mass is 245 g/mol. The lowest BCUT2D eigenvalue weighted by atomic mass is 9.97. The average molecular weight is 245 g/mol. The molecular formula is C15H23N3. The van der Waals surface area contributed by atoms with Crippen molar-refractivity contribution in [3.63, 3.8) is 0 Å². The molecule has 0 aliphatic carbocycles. The van der Waals surface area contributed by atoms with E-state index in [1.165, 1.54) is 43.9 Å². The van der Waals surface area contributed by atoms with Gasteiger partial charge in [0.15, 0.2) is 0 Å². The first-order valence-corrected chi connectivity index (χ1v) is 7.10. The summed E-state index contributed by atoms with van der Waals surface area (Å²) in [6.45, 7) is 5.92. The Morgan fingerprint density at radius 1 is 1.11 bits per heavy atom. The van der Waals surface area contributed by atoms with Gasteiger partial charge in [-0.25, -0.2) is 0 Å². The van der Waals surface area contributed by atoms with E-state index in [1.54, 1.807) is 0 Å². The number of benzene rings is 1. The van der Waals surface area contributed by atoms with E-state index in [4.69, 9.17) is 0 Å². The summed E-state index contributed by atoms with van der Waals surface area (Å²) < 4.78 is 0. The van der Waals surface area contributed by atoms with E-state index in [-0.39, 0.29) is 0 Å². The molecule has 2 aliphatic heterocycles. The fourth-order valence-corrected chi connectivity index (χ4v) is 3.13. The number of likely N-dealkylation sites (N-methyl/N-ethyl adjacent to an activating group) is 1. The highest BCUT2D eigenvalue weighted by atomic mass is 15.2. The van der Waals surface area contributed by atoms with Crippen molar-refractivity contribution >= 4 is 11.4 Å². The Morgan fingerprint density at radius 2 is 1.83 bits per heavy atom. The summed E-state index contributed by atoms with van der Waals surface area (Å²) in [4.78, 5) is 4.96. The smallest absolute Gasteiger partial charge is 0.0604 e. The van der Waals surface area contributed by atoms with Gasteiger partial charge in [-0.15, -0.1) is 0 Å². The summed E-state index contributed by atoms with van der Waals surface area (Å²) in [6.07, 6.45) is 2.66. The lowest BCUT2D eigenvalue weighted by Gasteiger charge is -2.39. The van der Waals surface area contributed by atoms with Gasteiger partial charge in [0.2, 0.25) is 0 Å². The van der Waals surface area contributed by atoms with Crippen LogP contribution >= 0.6 is 0 Å². The van der Waals surface area contributed by atoms with Crippen molar-refractivity contribution in [1.29, 1.82) is 0 Å². The minimum absolute atomic E-state index is 0.864. The van der Waals surface area contributed by atoms with Crippen molar-refractivity contribution in [3.05, 3.63) is 24.3 Å². The Hall–Kier alpha value is -1.22. The zero-order valence-electron chi connectivity index (χ0n) is 11.2. The third-order valence-electron chi connectivity index (χ3n) is 4.28. The Balaban J connectivity index is 1.75. The number of fused-ring (bicyclic) bond motifs is 1. The van der Waals surface area contributed by atoms with Gasteiger partial charge in [-0.2, -0.15) is 0 Å². The number of anilines is 2. The highest BCUT2D eigenvalue weighted by Gasteiger charge is 2.23. The van der Waals surface area contributed by atoms with Crippen LogP contribution in [0.15, 0.2) is 24.3 Å². The molecule has 3 nitrogen and oxygen atoms in total. The van der Waals surface area contributed by atoms with Crippen LogP contribution in [-0.4, -0.2) is 39.8 Å². The molecule has 2 aliphatic rings. The second-order valence-electron chi connectivity index (χ2n) is 5.55. The lowest BCUT2D eigenvalue weighted by molar-refractivity contribution is 0.373. The number of piperidine rings is 1. The number of nitrogens with one attached hydrogen (secondary N) is 1. The Morgan fingerprint density at radius 3 is 2.61 bits per heavy atom. The summed E-state index contributed by atoms with van der Waals surface area (Å²) in [7, 11) is 2.20. The fraction of sp³-hybridized carbons (Fsp3) is 0.600. The molecule has 0 radical (unpaired) electrons. The van der Waals surface area contributed by atoms with E-state index in [1.807, 2.05) is 0 Å². The van der Waals surface area contributed by atoms with Crippen LogP contribution in [0.1, 0.15) is 12.8 Å². The molecule has 1 aromatic carbocycles. The highest BCUT2D eigenvalue weighted by molar-refractivity contribution is 5.73. The molecule has 2 heterocycles. The zero-order chi connectivity index (χ0) is 12.4. The van der Waals surface area contributed by atoms with Crippen LogP contribution in [0.25, 0.3) is 0 Å². The molecule has 0 bridgehead atoms. The van der Waals surface area contributed by atoms with Crippen LogP contribution in [0.5, 0.6) is 0 Å². The summed E-state index contributed by atoms with van der Waals surface area (Å²) in [6, 6.07) is 8.81. The first kappa shape index (κ1) is 11.8. The van der Waals surface area contributed by atoms with Gasteiger partial charge in [0.05, 0.1) is 11.4 Å². The second-order valence-corrected chi connectivity index (χ2v) is 5.55. The number of para-hydroxylation sites is 2. The van der Waals surface area contributed by atoms with E-state index in [2.05, 4.69) is 46.4 Å². The SMILES string of the molecule is CN1CCN(CC2CCNCC2)c2ccccc21. The fourth-order valence-electron chi connectivity index (χ4n) is 3.13. The van der Waals surface area contributed by atoms with Gasteiger partial charge in [-0.3, -0.25) is 0 Å².